The molecule has 0 spiro atoms. The molecule has 11 heavy (non-hydrogen) atoms. The fourth-order valence-corrected chi connectivity index (χ4v) is 1.82. The molecule has 1 aliphatic rings. The minimum Gasteiger partial charge on any atom is -0.299 e. The van der Waals surface area contributed by atoms with Crippen LogP contribution in [0.5, 0.6) is 0 Å². The van der Waals surface area contributed by atoms with E-state index < -0.39 is 0 Å². The first kappa shape index (κ1) is 8.51. The summed E-state index contributed by atoms with van der Waals surface area (Å²) in [5.41, 5.74) is 0. The lowest BCUT2D eigenvalue weighted by molar-refractivity contribution is -0.104. The van der Waals surface area contributed by atoms with Gasteiger partial charge in [0.1, 0.15) is 6.29 Å². The van der Waals surface area contributed by atoms with E-state index >= 15 is 0 Å². The Kier molecular flexibility index (Phi) is 3.34. The molecular formula is C10H16O. The molecule has 2 unspecified atom stereocenters. The SMILES string of the molecule is CC1CCCCC1/C=C/C=O. The summed E-state index contributed by atoms with van der Waals surface area (Å²) in [5.74, 6) is 1.44. The summed E-state index contributed by atoms with van der Waals surface area (Å²) in [6.45, 7) is 2.28. The van der Waals surface area contributed by atoms with Crippen molar-refractivity contribution in [2.45, 2.75) is 32.6 Å². The van der Waals surface area contributed by atoms with Crippen LogP contribution in [-0.2, 0) is 4.79 Å². The molecule has 0 aliphatic heterocycles. The molecule has 1 saturated carbocycles. The number of carbonyl (C=O) groups is 1. The second-order valence-electron chi connectivity index (χ2n) is 3.45. The molecule has 0 saturated heterocycles. The Labute approximate surface area is 68.5 Å². The van der Waals surface area contributed by atoms with Crippen LogP contribution in [0.25, 0.3) is 0 Å². The molecule has 1 fully saturated rings. The molecular weight excluding hydrogens is 136 g/mol. The van der Waals surface area contributed by atoms with Gasteiger partial charge in [0.25, 0.3) is 0 Å². The van der Waals surface area contributed by atoms with Crippen molar-refractivity contribution in [1.82, 2.24) is 0 Å². The van der Waals surface area contributed by atoms with E-state index in [9.17, 15) is 4.79 Å². The normalized spacial score (nSPS) is 32.5. The van der Waals surface area contributed by atoms with Gasteiger partial charge >= 0.3 is 0 Å². The first-order chi connectivity index (χ1) is 5.34. The van der Waals surface area contributed by atoms with Gasteiger partial charge in [0.05, 0.1) is 0 Å². The zero-order valence-corrected chi connectivity index (χ0v) is 7.12. The summed E-state index contributed by atoms with van der Waals surface area (Å²) in [6.07, 6.45) is 9.88. The predicted octanol–water partition coefficient (Wildman–Crippen LogP) is 2.57. The average Bonchev–Trinajstić information content (AvgIpc) is 2.03. The standard InChI is InChI=1S/C10H16O/c1-9-5-2-3-6-10(9)7-4-8-11/h4,7-10H,2-3,5-6H2,1H3/b7-4+. The molecule has 1 rings (SSSR count). The third-order valence-electron chi connectivity index (χ3n) is 2.61. The minimum atomic E-state index is 0.661. The Morgan fingerprint density at radius 3 is 2.64 bits per heavy atom. The van der Waals surface area contributed by atoms with Crippen LogP contribution < -0.4 is 0 Å². The van der Waals surface area contributed by atoms with Gasteiger partial charge in [-0.2, -0.15) is 0 Å². The van der Waals surface area contributed by atoms with Crippen molar-refractivity contribution in [3.63, 3.8) is 0 Å². The van der Waals surface area contributed by atoms with Crippen LogP contribution in [0, 0.1) is 11.8 Å². The van der Waals surface area contributed by atoms with Crippen LogP contribution in [0.3, 0.4) is 0 Å². The highest BCUT2D eigenvalue weighted by atomic mass is 16.1. The Morgan fingerprint density at radius 1 is 1.27 bits per heavy atom. The van der Waals surface area contributed by atoms with Crippen LogP contribution in [-0.4, -0.2) is 6.29 Å². The summed E-state index contributed by atoms with van der Waals surface area (Å²) in [4.78, 5) is 10.1. The quantitative estimate of drug-likeness (QED) is 0.439. The first-order valence-corrected chi connectivity index (χ1v) is 4.46. The Hall–Kier alpha value is -0.590. The summed E-state index contributed by atoms with van der Waals surface area (Å²) < 4.78 is 0. The smallest absolute Gasteiger partial charge is 0.142 e. The van der Waals surface area contributed by atoms with Crippen LogP contribution in [0.2, 0.25) is 0 Å². The number of aldehydes is 1. The van der Waals surface area contributed by atoms with Crippen LogP contribution in [0.1, 0.15) is 32.6 Å². The fraction of sp³-hybridized carbons (Fsp3) is 0.700. The van der Waals surface area contributed by atoms with E-state index in [0.29, 0.717) is 5.92 Å². The summed E-state index contributed by atoms with van der Waals surface area (Å²) in [5, 5.41) is 0. The number of rotatable bonds is 2. The second-order valence-corrected chi connectivity index (χ2v) is 3.45. The zero-order valence-electron chi connectivity index (χ0n) is 7.12. The van der Waals surface area contributed by atoms with E-state index in [1.165, 1.54) is 25.7 Å². The Morgan fingerprint density at radius 2 is 2.00 bits per heavy atom. The van der Waals surface area contributed by atoms with Crippen LogP contribution in [0.15, 0.2) is 12.2 Å². The lowest BCUT2D eigenvalue weighted by Gasteiger charge is -2.25. The fourth-order valence-electron chi connectivity index (χ4n) is 1.82. The molecule has 0 aromatic heterocycles. The molecule has 1 heteroatoms. The summed E-state index contributed by atoms with van der Waals surface area (Å²) in [6, 6.07) is 0. The van der Waals surface area contributed by atoms with Crippen molar-refractivity contribution < 1.29 is 4.79 Å². The molecule has 0 N–H and O–H groups in total. The van der Waals surface area contributed by atoms with Gasteiger partial charge in [0.15, 0.2) is 0 Å². The third-order valence-corrected chi connectivity index (χ3v) is 2.61. The molecule has 0 heterocycles. The average molecular weight is 152 g/mol. The van der Waals surface area contributed by atoms with E-state index in [1.54, 1.807) is 6.08 Å². The monoisotopic (exact) mass is 152 g/mol. The van der Waals surface area contributed by atoms with Crippen LogP contribution in [0.4, 0.5) is 0 Å². The van der Waals surface area contributed by atoms with Gasteiger partial charge in [-0.05, 0) is 24.3 Å². The van der Waals surface area contributed by atoms with E-state index in [-0.39, 0.29) is 0 Å². The maximum absolute atomic E-state index is 10.1. The van der Waals surface area contributed by atoms with Gasteiger partial charge in [-0.15, -0.1) is 0 Å². The molecule has 0 amide bonds. The van der Waals surface area contributed by atoms with Crippen LogP contribution >= 0.6 is 0 Å². The molecule has 0 bridgehead atoms. The molecule has 0 aromatic rings. The minimum absolute atomic E-state index is 0.661. The predicted molar refractivity (Wildman–Crippen MR) is 46.3 cm³/mol. The van der Waals surface area contributed by atoms with Crippen molar-refractivity contribution in [3.8, 4) is 0 Å². The summed E-state index contributed by atoms with van der Waals surface area (Å²) >= 11 is 0. The maximum atomic E-state index is 10.1. The van der Waals surface area contributed by atoms with Crippen molar-refractivity contribution in [2.24, 2.45) is 11.8 Å². The van der Waals surface area contributed by atoms with Crippen molar-refractivity contribution >= 4 is 6.29 Å². The first-order valence-electron chi connectivity index (χ1n) is 4.46. The number of hydrogen-bond donors (Lipinski definition) is 0. The van der Waals surface area contributed by atoms with Gasteiger partial charge < -0.3 is 0 Å². The topological polar surface area (TPSA) is 17.1 Å². The Bertz CT molecular complexity index is 149. The van der Waals surface area contributed by atoms with E-state index in [0.717, 1.165) is 12.2 Å². The number of carbonyl (C=O) groups excluding carboxylic acids is 1. The second kappa shape index (κ2) is 4.32. The van der Waals surface area contributed by atoms with E-state index in [2.05, 4.69) is 13.0 Å². The largest absolute Gasteiger partial charge is 0.299 e. The molecule has 0 radical (unpaired) electrons. The Balaban J connectivity index is 2.41. The van der Waals surface area contributed by atoms with Crippen molar-refractivity contribution in [2.75, 3.05) is 0 Å². The van der Waals surface area contributed by atoms with Gasteiger partial charge in [-0.3, -0.25) is 4.79 Å². The number of allylic oxidation sites excluding steroid dienone is 2. The molecule has 62 valence electrons. The highest BCUT2D eigenvalue weighted by Gasteiger charge is 2.17. The number of hydrogen-bond acceptors (Lipinski definition) is 1. The highest BCUT2D eigenvalue weighted by Crippen LogP contribution is 2.30. The van der Waals surface area contributed by atoms with Gasteiger partial charge in [-0.25, -0.2) is 0 Å². The lowest BCUT2D eigenvalue weighted by atomic mass is 9.80. The van der Waals surface area contributed by atoms with E-state index in [4.69, 9.17) is 0 Å². The maximum Gasteiger partial charge on any atom is 0.142 e. The highest BCUT2D eigenvalue weighted by molar-refractivity contribution is 5.64. The summed E-state index contributed by atoms with van der Waals surface area (Å²) in [7, 11) is 0. The van der Waals surface area contributed by atoms with Gasteiger partial charge in [-0.1, -0.05) is 32.3 Å². The molecule has 2 atom stereocenters. The molecule has 1 nitrogen and oxygen atoms in total. The van der Waals surface area contributed by atoms with Crippen molar-refractivity contribution in [3.05, 3.63) is 12.2 Å². The van der Waals surface area contributed by atoms with Crippen molar-refractivity contribution in [1.29, 1.82) is 0 Å². The third kappa shape index (κ3) is 2.49. The lowest BCUT2D eigenvalue weighted by Crippen LogP contribution is -2.14. The zero-order chi connectivity index (χ0) is 8.10. The molecule has 1 aliphatic carbocycles. The van der Waals surface area contributed by atoms with Gasteiger partial charge in [0, 0.05) is 0 Å². The molecule has 0 aromatic carbocycles. The van der Waals surface area contributed by atoms with E-state index in [1.807, 2.05) is 0 Å². The van der Waals surface area contributed by atoms with Gasteiger partial charge in [0.2, 0.25) is 0 Å².